The minimum atomic E-state index is 0.389. The second-order valence-corrected chi connectivity index (χ2v) is 5.49. The van der Waals surface area contributed by atoms with Crippen molar-refractivity contribution in [3.05, 3.63) is 71.6 Å². The summed E-state index contributed by atoms with van der Waals surface area (Å²) in [6.07, 6.45) is 0.518. The molecule has 0 aliphatic carbocycles. The average molecular weight is 321 g/mol. The van der Waals surface area contributed by atoms with E-state index >= 15 is 0 Å². The molecule has 0 N–H and O–H groups in total. The molecule has 122 valence electrons. The van der Waals surface area contributed by atoms with Crippen molar-refractivity contribution in [2.24, 2.45) is 5.16 Å². The van der Waals surface area contributed by atoms with Gasteiger partial charge in [0.15, 0.2) is 0 Å². The molecule has 3 aromatic rings. The SMILES string of the molecule is C/C(=N\OCCc1nnc(-c2ccc(C)cc2)o1)c1ccccc1. The van der Waals surface area contributed by atoms with E-state index in [-0.39, 0.29) is 0 Å². The van der Waals surface area contributed by atoms with E-state index in [1.165, 1.54) is 5.56 Å². The van der Waals surface area contributed by atoms with Crippen molar-refractivity contribution >= 4 is 5.71 Å². The van der Waals surface area contributed by atoms with E-state index in [1.54, 1.807) is 0 Å². The number of oxime groups is 1. The maximum atomic E-state index is 5.65. The van der Waals surface area contributed by atoms with Crippen LogP contribution in [-0.4, -0.2) is 22.5 Å². The van der Waals surface area contributed by atoms with Crippen LogP contribution in [0, 0.1) is 6.92 Å². The van der Waals surface area contributed by atoms with Crippen molar-refractivity contribution < 1.29 is 9.25 Å². The highest BCUT2D eigenvalue weighted by Crippen LogP contribution is 2.18. The number of nitrogens with zero attached hydrogens (tertiary/aromatic N) is 3. The van der Waals surface area contributed by atoms with Crippen LogP contribution in [0.25, 0.3) is 11.5 Å². The molecule has 0 fully saturated rings. The van der Waals surface area contributed by atoms with Crippen LogP contribution < -0.4 is 0 Å². The van der Waals surface area contributed by atoms with Crippen molar-refractivity contribution in [1.29, 1.82) is 0 Å². The Labute approximate surface area is 141 Å². The Morgan fingerprint density at radius 1 is 1.04 bits per heavy atom. The van der Waals surface area contributed by atoms with E-state index in [1.807, 2.05) is 68.4 Å². The summed E-state index contributed by atoms with van der Waals surface area (Å²) in [6, 6.07) is 17.9. The zero-order chi connectivity index (χ0) is 16.8. The van der Waals surface area contributed by atoms with Gasteiger partial charge in [0.1, 0.15) is 6.61 Å². The number of aromatic nitrogens is 2. The molecule has 0 aliphatic rings. The molecule has 0 unspecified atom stereocenters. The summed E-state index contributed by atoms with van der Waals surface area (Å²) < 4.78 is 5.65. The summed E-state index contributed by atoms with van der Waals surface area (Å²) in [5.41, 5.74) is 3.98. The maximum Gasteiger partial charge on any atom is 0.247 e. The Hall–Kier alpha value is -2.95. The molecular weight excluding hydrogens is 302 g/mol. The molecule has 24 heavy (non-hydrogen) atoms. The lowest BCUT2D eigenvalue weighted by molar-refractivity contribution is 0.142. The summed E-state index contributed by atoms with van der Waals surface area (Å²) in [7, 11) is 0. The average Bonchev–Trinajstić information content (AvgIpc) is 3.09. The molecule has 0 amide bonds. The predicted molar refractivity (Wildman–Crippen MR) is 92.8 cm³/mol. The first-order chi connectivity index (χ1) is 11.7. The highest BCUT2D eigenvalue weighted by Gasteiger charge is 2.08. The van der Waals surface area contributed by atoms with E-state index in [4.69, 9.17) is 9.25 Å². The lowest BCUT2D eigenvalue weighted by Crippen LogP contribution is -1.99. The van der Waals surface area contributed by atoms with Gasteiger partial charge in [-0.05, 0) is 31.5 Å². The van der Waals surface area contributed by atoms with E-state index < -0.39 is 0 Å². The minimum absolute atomic E-state index is 0.389. The summed E-state index contributed by atoms with van der Waals surface area (Å²) in [6.45, 7) is 4.34. The Morgan fingerprint density at radius 2 is 1.79 bits per heavy atom. The van der Waals surface area contributed by atoms with Gasteiger partial charge >= 0.3 is 0 Å². The van der Waals surface area contributed by atoms with Gasteiger partial charge in [-0.3, -0.25) is 0 Å². The molecule has 5 nitrogen and oxygen atoms in total. The highest BCUT2D eigenvalue weighted by molar-refractivity contribution is 5.98. The fraction of sp³-hybridized carbons (Fsp3) is 0.211. The van der Waals surface area contributed by atoms with Crippen LogP contribution in [-0.2, 0) is 11.3 Å². The van der Waals surface area contributed by atoms with Gasteiger partial charge in [0.05, 0.1) is 12.1 Å². The summed E-state index contributed by atoms with van der Waals surface area (Å²) >= 11 is 0. The van der Waals surface area contributed by atoms with Crippen LogP contribution in [0.1, 0.15) is 23.9 Å². The van der Waals surface area contributed by atoms with Crippen molar-refractivity contribution in [3.8, 4) is 11.5 Å². The Bertz CT molecular complexity index is 808. The van der Waals surface area contributed by atoms with Gasteiger partial charge in [-0.25, -0.2) is 0 Å². The van der Waals surface area contributed by atoms with Gasteiger partial charge in [0, 0.05) is 5.56 Å². The third kappa shape index (κ3) is 4.07. The van der Waals surface area contributed by atoms with E-state index in [9.17, 15) is 0 Å². The fourth-order valence-electron chi connectivity index (χ4n) is 2.17. The topological polar surface area (TPSA) is 60.5 Å². The second-order valence-electron chi connectivity index (χ2n) is 5.49. The van der Waals surface area contributed by atoms with Gasteiger partial charge in [0.25, 0.3) is 0 Å². The lowest BCUT2D eigenvalue weighted by Gasteiger charge is -2.01. The Kier molecular flexibility index (Phi) is 5.01. The molecule has 0 bridgehead atoms. The molecular formula is C19H19N3O2. The van der Waals surface area contributed by atoms with Crippen LogP contribution in [0.15, 0.2) is 64.2 Å². The zero-order valence-corrected chi connectivity index (χ0v) is 13.8. The van der Waals surface area contributed by atoms with E-state index in [0.29, 0.717) is 24.8 Å². The summed E-state index contributed by atoms with van der Waals surface area (Å²) in [4.78, 5) is 5.34. The van der Waals surface area contributed by atoms with Crippen LogP contribution in [0.2, 0.25) is 0 Å². The van der Waals surface area contributed by atoms with Crippen molar-refractivity contribution in [2.45, 2.75) is 20.3 Å². The second kappa shape index (κ2) is 7.55. The maximum absolute atomic E-state index is 5.65. The third-order valence-electron chi connectivity index (χ3n) is 3.57. The number of aryl methyl sites for hydroxylation is 1. The van der Waals surface area contributed by atoms with Gasteiger partial charge in [-0.1, -0.05) is 53.2 Å². The fourth-order valence-corrected chi connectivity index (χ4v) is 2.17. The van der Waals surface area contributed by atoms with Gasteiger partial charge < -0.3 is 9.25 Å². The largest absolute Gasteiger partial charge is 0.421 e. The van der Waals surface area contributed by atoms with Crippen molar-refractivity contribution in [1.82, 2.24) is 10.2 Å². The smallest absolute Gasteiger partial charge is 0.247 e. The molecule has 1 aromatic heterocycles. The zero-order valence-electron chi connectivity index (χ0n) is 13.8. The number of hydrogen-bond acceptors (Lipinski definition) is 5. The van der Waals surface area contributed by atoms with E-state index in [0.717, 1.165) is 16.8 Å². The molecule has 0 saturated carbocycles. The monoisotopic (exact) mass is 321 g/mol. The Balaban J connectivity index is 1.53. The first kappa shape index (κ1) is 15.9. The minimum Gasteiger partial charge on any atom is -0.421 e. The quantitative estimate of drug-likeness (QED) is 0.391. The van der Waals surface area contributed by atoms with Gasteiger partial charge in [-0.2, -0.15) is 0 Å². The number of hydrogen-bond donors (Lipinski definition) is 0. The van der Waals surface area contributed by atoms with Crippen LogP contribution in [0.4, 0.5) is 0 Å². The normalized spacial score (nSPS) is 11.5. The molecule has 0 aliphatic heterocycles. The van der Waals surface area contributed by atoms with E-state index in [2.05, 4.69) is 15.4 Å². The first-order valence-electron chi connectivity index (χ1n) is 7.84. The predicted octanol–water partition coefficient (Wildman–Crippen LogP) is 4.03. The molecule has 3 rings (SSSR count). The number of rotatable bonds is 6. The summed E-state index contributed by atoms with van der Waals surface area (Å²) in [5, 5.41) is 12.2. The highest BCUT2D eigenvalue weighted by atomic mass is 16.6. The van der Waals surface area contributed by atoms with Gasteiger partial charge in [0.2, 0.25) is 11.8 Å². The molecule has 0 saturated heterocycles. The molecule has 1 heterocycles. The number of benzene rings is 2. The molecule has 2 aromatic carbocycles. The standard InChI is InChI=1S/C19H19N3O2/c1-14-8-10-17(11-9-14)19-21-20-18(24-19)12-13-23-22-15(2)16-6-4-3-5-7-16/h3-11H,12-13H2,1-2H3/b22-15+. The molecule has 0 spiro atoms. The first-order valence-corrected chi connectivity index (χ1v) is 7.84. The summed E-state index contributed by atoms with van der Waals surface area (Å²) in [5.74, 6) is 1.06. The Morgan fingerprint density at radius 3 is 2.54 bits per heavy atom. The lowest BCUT2D eigenvalue weighted by atomic mass is 10.1. The van der Waals surface area contributed by atoms with Crippen molar-refractivity contribution in [2.75, 3.05) is 6.61 Å². The van der Waals surface area contributed by atoms with Crippen LogP contribution in [0.3, 0.4) is 0 Å². The molecule has 0 radical (unpaired) electrons. The molecule has 5 heteroatoms. The van der Waals surface area contributed by atoms with Gasteiger partial charge in [-0.15, -0.1) is 10.2 Å². The van der Waals surface area contributed by atoms with Crippen molar-refractivity contribution in [3.63, 3.8) is 0 Å². The van der Waals surface area contributed by atoms with Crippen LogP contribution >= 0.6 is 0 Å². The third-order valence-corrected chi connectivity index (χ3v) is 3.57. The molecule has 0 atom stereocenters. The van der Waals surface area contributed by atoms with Crippen LogP contribution in [0.5, 0.6) is 0 Å².